The summed E-state index contributed by atoms with van der Waals surface area (Å²) in [7, 11) is 0. The van der Waals surface area contributed by atoms with E-state index < -0.39 is 0 Å². The third-order valence-corrected chi connectivity index (χ3v) is 5.99. The van der Waals surface area contributed by atoms with Gasteiger partial charge in [-0.25, -0.2) is 9.97 Å². The lowest BCUT2D eigenvalue weighted by Gasteiger charge is -2.06. The van der Waals surface area contributed by atoms with E-state index in [4.69, 9.17) is 0 Å². The summed E-state index contributed by atoms with van der Waals surface area (Å²) in [6.45, 7) is 0. The average molecular weight is 338 g/mol. The quantitative estimate of drug-likeness (QED) is 0.709. The van der Waals surface area contributed by atoms with Crippen molar-refractivity contribution in [3.05, 3.63) is 46.0 Å². The maximum atomic E-state index is 9.44. The smallest absolute Gasteiger partial charge is 0.187 e. The summed E-state index contributed by atoms with van der Waals surface area (Å²) in [4.78, 5) is 10.5. The molecule has 114 valence electrons. The summed E-state index contributed by atoms with van der Waals surface area (Å²) in [5.41, 5.74) is 2.69. The Morgan fingerprint density at radius 2 is 2.04 bits per heavy atom. The predicted octanol–water partition coefficient (Wildman–Crippen LogP) is 4.61. The van der Waals surface area contributed by atoms with E-state index in [1.807, 2.05) is 24.3 Å². The van der Waals surface area contributed by atoms with Crippen LogP contribution in [-0.4, -0.2) is 9.97 Å². The molecule has 0 saturated carbocycles. The number of aryl methyl sites for hydroxylation is 2. The second-order valence-electron chi connectivity index (χ2n) is 5.40. The van der Waals surface area contributed by atoms with Gasteiger partial charge in [-0.15, -0.1) is 22.7 Å². The maximum absolute atomic E-state index is 9.44. The Morgan fingerprint density at radius 3 is 2.87 bits per heavy atom. The largest absolute Gasteiger partial charge is 0.337 e. The number of nitrogens with one attached hydrogen (secondary N) is 1. The highest BCUT2D eigenvalue weighted by Gasteiger charge is 2.15. The summed E-state index contributed by atoms with van der Waals surface area (Å²) in [6, 6.07) is 10.2. The van der Waals surface area contributed by atoms with Gasteiger partial charge in [-0.3, -0.25) is 0 Å². The Labute approximate surface area is 142 Å². The van der Waals surface area contributed by atoms with Crippen LogP contribution in [0.25, 0.3) is 15.8 Å². The fourth-order valence-electron chi connectivity index (χ4n) is 2.68. The van der Waals surface area contributed by atoms with Crippen molar-refractivity contribution in [2.75, 3.05) is 5.32 Å². The Hall–Kier alpha value is -2.23. The van der Waals surface area contributed by atoms with Gasteiger partial charge in [0.15, 0.2) is 5.13 Å². The van der Waals surface area contributed by atoms with Gasteiger partial charge in [0.1, 0.15) is 16.6 Å². The van der Waals surface area contributed by atoms with Gasteiger partial charge in [-0.1, -0.05) is 12.1 Å². The number of thiazole rings is 2. The van der Waals surface area contributed by atoms with Crippen molar-refractivity contribution in [2.45, 2.75) is 25.7 Å². The molecule has 4 rings (SSSR count). The zero-order chi connectivity index (χ0) is 15.6. The second-order valence-corrected chi connectivity index (χ2v) is 7.51. The van der Waals surface area contributed by atoms with Crippen molar-refractivity contribution in [3.8, 4) is 6.07 Å². The number of rotatable bonds is 3. The average Bonchev–Trinajstić information content (AvgIpc) is 3.18. The molecule has 2 aromatic heterocycles. The predicted molar refractivity (Wildman–Crippen MR) is 95.6 cm³/mol. The molecule has 0 spiro atoms. The molecule has 0 saturated heterocycles. The molecule has 0 aliphatic heterocycles. The number of para-hydroxylation sites is 1. The van der Waals surface area contributed by atoms with E-state index in [0.717, 1.165) is 33.2 Å². The fraction of sp³-hybridized carbons (Fsp3) is 0.235. The van der Waals surface area contributed by atoms with Gasteiger partial charge in [-0.05, 0) is 37.8 Å². The van der Waals surface area contributed by atoms with E-state index in [-0.39, 0.29) is 0 Å². The van der Waals surface area contributed by atoms with Crippen LogP contribution in [0.3, 0.4) is 0 Å². The van der Waals surface area contributed by atoms with Crippen LogP contribution >= 0.6 is 22.7 Å². The molecule has 1 aromatic carbocycles. The molecule has 0 amide bonds. The van der Waals surface area contributed by atoms with Gasteiger partial charge in [0.05, 0.1) is 15.9 Å². The van der Waals surface area contributed by atoms with Crippen molar-refractivity contribution < 1.29 is 0 Å². The number of hydrogen-bond acceptors (Lipinski definition) is 6. The van der Waals surface area contributed by atoms with Crippen LogP contribution in [0.2, 0.25) is 0 Å². The number of fused-ring (bicyclic) bond motifs is 2. The van der Waals surface area contributed by atoms with Crippen LogP contribution < -0.4 is 5.32 Å². The number of nitriles is 1. The van der Waals surface area contributed by atoms with E-state index in [1.54, 1.807) is 17.5 Å². The van der Waals surface area contributed by atoms with E-state index in [9.17, 15) is 5.26 Å². The molecule has 3 aromatic rings. The lowest BCUT2D eigenvalue weighted by Crippen LogP contribution is -1.99. The highest BCUT2D eigenvalue weighted by atomic mass is 32.1. The van der Waals surface area contributed by atoms with Crippen LogP contribution in [0.1, 0.15) is 28.4 Å². The number of aromatic nitrogens is 2. The molecule has 0 bridgehead atoms. The van der Waals surface area contributed by atoms with E-state index in [0.29, 0.717) is 5.57 Å². The summed E-state index contributed by atoms with van der Waals surface area (Å²) >= 11 is 3.23. The Bertz CT molecular complexity index is 873. The second kappa shape index (κ2) is 6.11. The van der Waals surface area contributed by atoms with Crippen molar-refractivity contribution in [1.29, 1.82) is 5.26 Å². The van der Waals surface area contributed by atoms with E-state index in [2.05, 4.69) is 21.4 Å². The number of hydrogen-bond donors (Lipinski definition) is 1. The molecule has 0 radical (unpaired) electrons. The third kappa shape index (κ3) is 2.85. The van der Waals surface area contributed by atoms with Gasteiger partial charge in [-0.2, -0.15) is 5.26 Å². The van der Waals surface area contributed by atoms with Crippen LogP contribution in [0.15, 0.2) is 30.5 Å². The number of benzene rings is 1. The fourth-order valence-corrected chi connectivity index (χ4v) is 4.63. The van der Waals surface area contributed by atoms with Crippen LogP contribution in [0.5, 0.6) is 0 Å². The van der Waals surface area contributed by atoms with Crippen LogP contribution in [0, 0.1) is 11.3 Å². The van der Waals surface area contributed by atoms with Crippen molar-refractivity contribution in [1.82, 2.24) is 9.97 Å². The molecule has 2 heterocycles. The molecule has 1 aliphatic carbocycles. The molecule has 0 fully saturated rings. The van der Waals surface area contributed by atoms with Gasteiger partial charge in [0, 0.05) is 11.1 Å². The minimum atomic E-state index is 0.541. The van der Waals surface area contributed by atoms with Crippen LogP contribution in [-0.2, 0) is 12.8 Å². The van der Waals surface area contributed by atoms with E-state index >= 15 is 0 Å². The molecule has 1 aliphatic rings. The molecular formula is C17H14N4S2. The topological polar surface area (TPSA) is 61.6 Å². The molecule has 23 heavy (non-hydrogen) atoms. The summed E-state index contributed by atoms with van der Waals surface area (Å²) in [5, 5.41) is 14.2. The minimum absolute atomic E-state index is 0.541. The first-order valence-electron chi connectivity index (χ1n) is 7.55. The highest BCUT2D eigenvalue weighted by molar-refractivity contribution is 7.19. The van der Waals surface area contributed by atoms with Crippen molar-refractivity contribution >= 4 is 43.6 Å². The lowest BCUT2D eigenvalue weighted by molar-refractivity contribution is 0.683. The number of anilines is 1. The molecule has 1 N–H and O–H groups in total. The van der Waals surface area contributed by atoms with Crippen molar-refractivity contribution in [3.63, 3.8) is 0 Å². The first-order chi connectivity index (χ1) is 11.3. The summed E-state index contributed by atoms with van der Waals surface area (Å²) in [6.07, 6.45) is 6.39. The van der Waals surface area contributed by atoms with Gasteiger partial charge in [0.2, 0.25) is 0 Å². The zero-order valence-corrected chi connectivity index (χ0v) is 14.0. The van der Waals surface area contributed by atoms with Gasteiger partial charge in [0.25, 0.3) is 0 Å². The third-order valence-electron chi connectivity index (χ3n) is 3.83. The molecule has 6 heteroatoms. The molecular weight excluding hydrogens is 324 g/mol. The maximum Gasteiger partial charge on any atom is 0.187 e. The van der Waals surface area contributed by atoms with Gasteiger partial charge < -0.3 is 5.32 Å². The number of nitrogens with zero attached hydrogens (tertiary/aromatic N) is 3. The van der Waals surface area contributed by atoms with Gasteiger partial charge >= 0.3 is 0 Å². The Balaban J connectivity index is 1.60. The zero-order valence-electron chi connectivity index (χ0n) is 12.4. The monoisotopic (exact) mass is 338 g/mol. The lowest BCUT2D eigenvalue weighted by atomic mass is 10.0. The Kier molecular flexibility index (Phi) is 3.82. The Morgan fingerprint density at radius 1 is 1.17 bits per heavy atom. The normalized spacial score (nSPS) is 14.5. The summed E-state index contributed by atoms with van der Waals surface area (Å²) in [5.74, 6) is 0. The highest BCUT2D eigenvalue weighted by Crippen LogP contribution is 2.30. The number of allylic oxidation sites excluding steroid dienone is 1. The van der Waals surface area contributed by atoms with Crippen LogP contribution in [0.4, 0.5) is 5.13 Å². The minimum Gasteiger partial charge on any atom is -0.337 e. The van der Waals surface area contributed by atoms with Crippen molar-refractivity contribution in [2.24, 2.45) is 0 Å². The van der Waals surface area contributed by atoms with E-state index in [1.165, 1.54) is 34.7 Å². The molecule has 0 atom stereocenters. The SMILES string of the molecule is N#C/C(=C/Nc1nc2c(s1)CCCC2)c1nc2ccccc2s1. The summed E-state index contributed by atoms with van der Waals surface area (Å²) < 4.78 is 1.09. The standard InChI is InChI=1S/C17H14N4S2/c18-9-11(16-20-12-5-1-3-7-14(12)22-16)10-19-17-21-13-6-2-4-8-15(13)23-17/h1,3,5,7,10H,2,4,6,8H2,(H,19,21)/b11-10-. The first kappa shape index (κ1) is 14.4. The first-order valence-corrected chi connectivity index (χ1v) is 9.18. The molecule has 4 nitrogen and oxygen atoms in total. The molecule has 0 unspecified atom stereocenters.